The zero-order valence-corrected chi connectivity index (χ0v) is 25.6. The fourth-order valence-corrected chi connectivity index (χ4v) is 5.74. The van der Waals surface area contributed by atoms with Crippen molar-refractivity contribution in [2.75, 3.05) is 17.5 Å². The molecule has 220 valence electrons. The van der Waals surface area contributed by atoms with Crippen LogP contribution in [0.1, 0.15) is 50.8 Å². The Morgan fingerprint density at radius 2 is 1.54 bits per heavy atom. The lowest BCUT2D eigenvalue weighted by Crippen LogP contribution is -2.52. The maximum Gasteiger partial charge on any atom is 0.264 e. The van der Waals surface area contributed by atoms with Gasteiger partial charge in [0.25, 0.3) is 10.0 Å². The number of benzene rings is 3. The number of anilines is 1. The van der Waals surface area contributed by atoms with Gasteiger partial charge in [-0.2, -0.15) is 0 Å². The first-order valence-electron chi connectivity index (χ1n) is 13.9. The van der Waals surface area contributed by atoms with Gasteiger partial charge in [0.05, 0.1) is 17.2 Å². The zero-order valence-electron chi connectivity index (χ0n) is 24.8. The third kappa shape index (κ3) is 7.88. The standard InChI is InChI=1S/C32H41N3O5S/c1-7-25(5)33-32(37)26(6)34(21-27-14-10-9-13-24(27)4)31(36)22-35(29-15-11-12-16-30(29)40-8-2)41(38,39)28-19-17-23(3)18-20-28/h9-20,25-26H,7-8,21-22H2,1-6H3,(H,33,37)/t25-,26-/m0/s1. The molecule has 0 fully saturated rings. The van der Waals surface area contributed by atoms with E-state index in [1.165, 1.54) is 17.0 Å². The van der Waals surface area contributed by atoms with E-state index < -0.39 is 28.5 Å². The summed E-state index contributed by atoms with van der Waals surface area (Å²) < 4.78 is 35.0. The molecule has 0 spiro atoms. The van der Waals surface area contributed by atoms with Crippen molar-refractivity contribution in [3.63, 3.8) is 0 Å². The Morgan fingerprint density at radius 1 is 0.902 bits per heavy atom. The van der Waals surface area contributed by atoms with E-state index in [-0.39, 0.29) is 29.1 Å². The summed E-state index contributed by atoms with van der Waals surface area (Å²) in [5.74, 6) is -0.475. The number of nitrogens with one attached hydrogen (secondary N) is 1. The number of carbonyl (C=O) groups excluding carboxylic acids is 2. The van der Waals surface area contributed by atoms with Crippen LogP contribution in [0.4, 0.5) is 5.69 Å². The number of rotatable bonds is 13. The van der Waals surface area contributed by atoms with Crippen molar-refractivity contribution in [2.24, 2.45) is 0 Å². The number of hydrogen-bond acceptors (Lipinski definition) is 5. The molecule has 0 heterocycles. The highest BCUT2D eigenvalue weighted by Crippen LogP contribution is 2.33. The minimum absolute atomic E-state index is 0.0511. The van der Waals surface area contributed by atoms with Gasteiger partial charge in [0.1, 0.15) is 18.3 Å². The molecule has 0 aromatic heterocycles. The minimum atomic E-state index is -4.18. The third-order valence-electron chi connectivity index (χ3n) is 7.09. The van der Waals surface area contributed by atoms with Crippen molar-refractivity contribution in [3.8, 4) is 5.75 Å². The van der Waals surface area contributed by atoms with Crippen LogP contribution in [0.25, 0.3) is 0 Å². The third-order valence-corrected chi connectivity index (χ3v) is 8.87. The van der Waals surface area contributed by atoms with E-state index in [1.807, 2.05) is 58.9 Å². The van der Waals surface area contributed by atoms with Gasteiger partial charge in [-0.1, -0.05) is 61.0 Å². The number of hydrogen-bond donors (Lipinski definition) is 1. The Hall–Kier alpha value is -3.85. The molecule has 0 aliphatic heterocycles. The van der Waals surface area contributed by atoms with Crippen LogP contribution in [0, 0.1) is 13.8 Å². The van der Waals surface area contributed by atoms with Crippen LogP contribution >= 0.6 is 0 Å². The van der Waals surface area contributed by atoms with E-state index in [0.717, 1.165) is 27.4 Å². The number of aryl methyl sites for hydroxylation is 2. The lowest BCUT2D eigenvalue weighted by atomic mass is 10.1. The SMILES string of the molecule is CCOc1ccccc1N(CC(=O)N(Cc1ccccc1C)[C@@H](C)C(=O)N[C@@H](C)CC)S(=O)(=O)c1ccc(C)cc1. The first-order valence-corrected chi connectivity index (χ1v) is 15.4. The molecule has 0 aliphatic rings. The molecule has 0 bridgehead atoms. The van der Waals surface area contributed by atoms with E-state index in [1.54, 1.807) is 43.3 Å². The molecule has 0 unspecified atom stereocenters. The van der Waals surface area contributed by atoms with E-state index in [4.69, 9.17) is 4.74 Å². The predicted molar refractivity (Wildman–Crippen MR) is 162 cm³/mol. The highest BCUT2D eigenvalue weighted by atomic mass is 32.2. The number of nitrogens with zero attached hydrogens (tertiary/aromatic N) is 2. The maximum absolute atomic E-state index is 14.1. The topological polar surface area (TPSA) is 96.0 Å². The zero-order chi connectivity index (χ0) is 30.2. The lowest BCUT2D eigenvalue weighted by Gasteiger charge is -2.33. The molecule has 0 saturated heterocycles. The van der Waals surface area contributed by atoms with Gasteiger partial charge in [-0.05, 0) is 76.4 Å². The Kier molecular flexibility index (Phi) is 10.9. The fraction of sp³-hybridized carbons (Fsp3) is 0.375. The van der Waals surface area contributed by atoms with Crippen molar-refractivity contribution in [2.45, 2.75) is 71.5 Å². The largest absolute Gasteiger partial charge is 0.492 e. The first kappa shape index (κ1) is 31.7. The smallest absolute Gasteiger partial charge is 0.264 e. The second-order valence-electron chi connectivity index (χ2n) is 10.2. The lowest BCUT2D eigenvalue weighted by molar-refractivity contribution is -0.139. The van der Waals surface area contributed by atoms with Gasteiger partial charge in [-0.15, -0.1) is 0 Å². The Morgan fingerprint density at radius 3 is 2.17 bits per heavy atom. The number of ether oxygens (including phenoxy) is 1. The molecule has 3 aromatic carbocycles. The summed E-state index contributed by atoms with van der Waals surface area (Å²) in [6, 6.07) is 19.9. The minimum Gasteiger partial charge on any atom is -0.492 e. The number of sulfonamides is 1. The summed E-state index contributed by atoms with van der Waals surface area (Å²) in [4.78, 5) is 28.9. The Labute approximate surface area is 244 Å². The van der Waals surface area contributed by atoms with Crippen LogP contribution in [-0.4, -0.2) is 50.4 Å². The Balaban J connectivity index is 2.09. The summed E-state index contributed by atoms with van der Waals surface area (Å²) in [5.41, 5.74) is 2.99. The first-order chi connectivity index (χ1) is 19.5. The Bertz CT molecular complexity index is 1440. The van der Waals surface area contributed by atoms with Gasteiger partial charge in [0.15, 0.2) is 0 Å². The maximum atomic E-state index is 14.1. The molecular weight excluding hydrogens is 538 g/mol. The predicted octanol–water partition coefficient (Wildman–Crippen LogP) is 5.23. The molecule has 8 nitrogen and oxygen atoms in total. The van der Waals surface area contributed by atoms with Crippen LogP contribution in [0.5, 0.6) is 5.75 Å². The van der Waals surface area contributed by atoms with E-state index >= 15 is 0 Å². The summed E-state index contributed by atoms with van der Waals surface area (Å²) in [7, 11) is -4.18. The molecule has 0 aliphatic carbocycles. The molecule has 3 aromatic rings. The van der Waals surface area contributed by atoms with Crippen LogP contribution in [0.15, 0.2) is 77.7 Å². The van der Waals surface area contributed by atoms with Crippen LogP contribution in [0.3, 0.4) is 0 Å². The molecule has 41 heavy (non-hydrogen) atoms. The molecule has 2 atom stereocenters. The van der Waals surface area contributed by atoms with Crippen molar-refractivity contribution in [1.82, 2.24) is 10.2 Å². The van der Waals surface area contributed by atoms with Gasteiger partial charge in [-0.25, -0.2) is 8.42 Å². The number of para-hydroxylation sites is 2. The summed E-state index contributed by atoms with van der Waals surface area (Å²) >= 11 is 0. The average molecular weight is 580 g/mol. The average Bonchev–Trinajstić information content (AvgIpc) is 2.95. The molecule has 2 amide bonds. The normalized spacial score (nSPS) is 12.7. The van der Waals surface area contributed by atoms with Crippen molar-refractivity contribution in [3.05, 3.63) is 89.5 Å². The number of carbonyl (C=O) groups is 2. The monoisotopic (exact) mass is 579 g/mol. The van der Waals surface area contributed by atoms with Gasteiger partial charge < -0.3 is 15.0 Å². The van der Waals surface area contributed by atoms with Crippen LogP contribution in [0.2, 0.25) is 0 Å². The highest BCUT2D eigenvalue weighted by molar-refractivity contribution is 7.92. The molecule has 0 radical (unpaired) electrons. The van der Waals surface area contributed by atoms with Crippen LogP contribution < -0.4 is 14.4 Å². The number of amides is 2. The van der Waals surface area contributed by atoms with E-state index in [9.17, 15) is 18.0 Å². The van der Waals surface area contributed by atoms with Gasteiger partial charge >= 0.3 is 0 Å². The van der Waals surface area contributed by atoms with Crippen molar-refractivity contribution < 1.29 is 22.7 Å². The summed E-state index contributed by atoms with van der Waals surface area (Å²) in [6.45, 7) is 11.1. The molecular formula is C32H41N3O5S. The van der Waals surface area contributed by atoms with E-state index in [2.05, 4.69) is 5.32 Å². The fourth-order valence-electron chi connectivity index (χ4n) is 4.31. The summed E-state index contributed by atoms with van der Waals surface area (Å²) in [6.07, 6.45) is 0.737. The molecule has 1 N–H and O–H groups in total. The van der Waals surface area contributed by atoms with Crippen molar-refractivity contribution in [1.29, 1.82) is 0 Å². The highest BCUT2D eigenvalue weighted by Gasteiger charge is 2.34. The molecule has 0 saturated carbocycles. The van der Waals surface area contributed by atoms with E-state index in [0.29, 0.717) is 12.4 Å². The molecule has 9 heteroatoms. The molecule has 3 rings (SSSR count). The summed E-state index contributed by atoms with van der Waals surface area (Å²) in [5, 5.41) is 2.95. The van der Waals surface area contributed by atoms with Gasteiger partial charge in [-0.3, -0.25) is 13.9 Å². The van der Waals surface area contributed by atoms with Gasteiger partial charge in [0.2, 0.25) is 11.8 Å². The van der Waals surface area contributed by atoms with Crippen molar-refractivity contribution >= 4 is 27.5 Å². The second kappa shape index (κ2) is 14.2. The van der Waals surface area contributed by atoms with Gasteiger partial charge in [0, 0.05) is 12.6 Å². The second-order valence-corrected chi connectivity index (χ2v) is 12.0. The van der Waals surface area contributed by atoms with Crippen LogP contribution in [-0.2, 0) is 26.2 Å². The quantitative estimate of drug-likeness (QED) is 0.299.